The van der Waals surface area contributed by atoms with Crippen LogP contribution in [-0.2, 0) is 0 Å². The number of hydrogen-bond donors (Lipinski definition) is 0. The number of benzene rings is 2. The second-order valence-corrected chi connectivity index (χ2v) is 4.05. The molecule has 0 fully saturated rings. The molecule has 0 saturated heterocycles. The molecule has 0 aliphatic carbocycles. The number of nitrogens with zero attached hydrogens (tertiary/aromatic N) is 1. The minimum Gasteiger partial charge on any atom is -0.497 e. The Bertz CT molecular complexity index is 722. The Morgan fingerprint density at radius 1 is 0.833 bits per heavy atom. The Balaban J connectivity index is 2.46. The molecule has 0 amide bonds. The largest absolute Gasteiger partial charge is 0.497 e. The third kappa shape index (κ3) is 1.56. The van der Waals surface area contributed by atoms with Crippen molar-refractivity contribution in [2.75, 3.05) is 14.2 Å². The van der Waals surface area contributed by atoms with E-state index >= 15 is 0 Å². The number of rotatable bonds is 2. The normalized spacial score (nSPS) is 10.8. The van der Waals surface area contributed by atoms with Gasteiger partial charge in [0, 0.05) is 16.8 Å². The second-order valence-electron chi connectivity index (χ2n) is 4.05. The van der Waals surface area contributed by atoms with Gasteiger partial charge in [-0.05, 0) is 23.6 Å². The van der Waals surface area contributed by atoms with Crippen molar-refractivity contribution in [2.24, 2.45) is 0 Å². The van der Waals surface area contributed by atoms with E-state index in [-0.39, 0.29) is 0 Å². The van der Waals surface area contributed by atoms with Crippen molar-refractivity contribution in [2.45, 2.75) is 0 Å². The molecule has 1 aromatic heterocycles. The molecule has 1 heterocycles. The Morgan fingerprint density at radius 2 is 1.61 bits per heavy atom. The molecule has 0 radical (unpaired) electrons. The number of pyridine rings is 1. The predicted octanol–water partition coefficient (Wildman–Crippen LogP) is 3.41. The summed E-state index contributed by atoms with van der Waals surface area (Å²) in [7, 11) is 3.29. The van der Waals surface area contributed by atoms with E-state index in [0.717, 1.165) is 27.4 Å². The summed E-state index contributed by atoms with van der Waals surface area (Å²) in [6, 6.07) is 14.0. The SMILES string of the molecule is COc1ccc2c(c1)nc(OC)c1ccccc12. The Hall–Kier alpha value is -2.29. The van der Waals surface area contributed by atoms with Crippen LogP contribution >= 0.6 is 0 Å². The fourth-order valence-electron chi connectivity index (χ4n) is 2.19. The topological polar surface area (TPSA) is 31.4 Å². The zero-order valence-electron chi connectivity index (χ0n) is 10.3. The van der Waals surface area contributed by atoms with Crippen molar-refractivity contribution in [3.05, 3.63) is 42.5 Å². The molecule has 0 aliphatic heterocycles. The highest BCUT2D eigenvalue weighted by atomic mass is 16.5. The van der Waals surface area contributed by atoms with E-state index in [1.54, 1.807) is 14.2 Å². The van der Waals surface area contributed by atoms with Gasteiger partial charge in [-0.25, -0.2) is 4.98 Å². The van der Waals surface area contributed by atoms with Crippen molar-refractivity contribution in [3.63, 3.8) is 0 Å². The summed E-state index contributed by atoms with van der Waals surface area (Å²) in [5, 5.41) is 3.27. The number of hydrogen-bond acceptors (Lipinski definition) is 3. The van der Waals surface area contributed by atoms with Crippen LogP contribution in [0.5, 0.6) is 11.6 Å². The van der Waals surface area contributed by atoms with E-state index in [2.05, 4.69) is 11.1 Å². The van der Waals surface area contributed by atoms with Gasteiger partial charge in [0.2, 0.25) is 5.88 Å². The molecule has 0 bridgehead atoms. The molecular formula is C15H13NO2. The van der Waals surface area contributed by atoms with Crippen LogP contribution in [0.4, 0.5) is 0 Å². The van der Waals surface area contributed by atoms with Crippen molar-refractivity contribution in [1.29, 1.82) is 0 Å². The summed E-state index contributed by atoms with van der Waals surface area (Å²) in [6.45, 7) is 0. The van der Waals surface area contributed by atoms with Crippen LogP contribution in [0.3, 0.4) is 0 Å². The first-order chi connectivity index (χ1) is 8.83. The standard InChI is InChI=1S/C15H13NO2/c1-17-10-7-8-12-11-5-3-4-6-13(11)15(18-2)16-14(12)9-10/h3-9H,1-2H3. The van der Waals surface area contributed by atoms with Gasteiger partial charge in [-0.15, -0.1) is 0 Å². The molecule has 0 unspecified atom stereocenters. The van der Waals surface area contributed by atoms with Gasteiger partial charge < -0.3 is 9.47 Å². The van der Waals surface area contributed by atoms with Crippen LogP contribution in [-0.4, -0.2) is 19.2 Å². The molecule has 90 valence electrons. The first-order valence-electron chi connectivity index (χ1n) is 5.74. The Labute approximate surface area is 105 Å². The van der Waals surface area contributed by atoms with Crippen LogP contribution in [0.25, 0.3) is 21.7 Å². The molecule has 18 heavy (non-hydrogen) atoms. The van der Waals surface area contributed by atoms with Gasteiger partial charge in [0.25, 0.3) is 0 Å². The van der Waals surface area contributed by atoms with E-state index in [1.165, 1.54) is 0 Å². The summed E-state index contributed by atoms with van der Waals surface area (Å²) in [6.07, 6.45) is 0. The summed E-state index contributed by atoms with van der Waals surface area (Å²) >= 11 is 0. The molecule has 0 N–H and O–H groups in total. The van der Waals surface area contributed by atoms with Crippen molar-refractivity contribution >= 4 is 21.7 Å². The van der Waals surface area contributed by atoms with Crippen LogP contribution in [0, 0.1) is 0 Å². The lowest BCUT2D eigenvalue weighted by Gasteiger charge is -2.09. The summed E-state index contributed by atoms with van der Waals surface area (Å²) < 4.78 is 10.6. The number of ether oxygens (including phenoxy) is 2. The molecule has 0 spiro atoms. The Morgan fingerprint density at radius 3 is 2.33 bits per heavy atom. The lowest BCUT2D eigenvalue weighted by atomic mass is 10.1. The van der Waals surface area contributed by atoms with Gasteiger partial charge >= 0.3 is 0 Å². The first kappa shape index (κ1) is 10.8. The smallest absolute Gasteiger partial charge is 0.221 e. The fraction of sp³-hybridized carbons (Fsp3) is 0.133. The first-order valence-corrected chi connectivity index (χ1v) is 5.74. The van der Waals surface area contributed by atoms with Gasteiger partial charge in [-0.2, -0.15) is 0 Å². The van der Waals surface area contributed by atoms with Gasteiger partial charge in [-0.1, -0.05) is 18.2 Å². The highest BCUT2D eigenvalue weighted by Crippen LogP contribution is 2.31. The van der Waals surface area contributed by atoms with Crippen LogP contribution in [0.1, 0.15) is 0 Å². The molecular weight excluding hydrogens is 226 g/mol. The minimum absolute atomic E-state index is 0.645. The molecule has 3 rings (SSSR count). The third-order valence-electron chi connectivity index (χ3n) is 3.07. The predicted molar refractivity (Wildman–Crippen MR) is 72.4 cm³/mol. The lowest BCUT2D eigenvalue weighted by Crippen LogP contribution is -1.92. The van der Waals surface area contributed by atoms with Gasteiger partial charge in [0.15, 0.2) is 0 Å². The maximum Gasteiger partial charge on any atom is 0.221 e. The van der Waals surface area contributed by atoms with Gasteiger partial charge in [0.1, 0.15) is 5.75 Å². The van der Waals surface area contributed by atoms with E-state index in [9.17, 15) is 0 Å². The molecule has 2 aromatic carbocycles. The van der Waals surface area contributed by atoms with E-state index in [4.69, 9.17) is 9.47 Å². The van der Waals surface area contributed by atoms with E-state index in [1.807, 2.05) is 36.4 Å². The maximum atomic E-state index is 5.36. The van der Waals surface area contributed by atoms with Crippen molar-refractivity contribution in [3.8, 4) is 11.6 Å². The van der Waals surface area contributed by atoms with Crippen molar-refractivity contribution in [1.82, 2.24) is 4.98 Å². The number of aromatic nitrogens is 1. The highest BCUT2D eigenvalue weighted by Gasteiger charge is 2.08. The highest BCUT2D eigenvalue weighted by molar-refractivity contribution is 6.08. The fourth-order valence-corrected chi connectivity index (χ4v) is 2.19. The zero-order chi connectivity index (χ0) is 12.5. The average molecular weight is 239 g/mol. The molecule has 0 atom stereocenters. The summed E-state index contributed by atoms with van der Waals surface area (Å²) in [5.74, 6) is 1.44. The van der Waals surface area contributed by atoms with Crippen molar-refractivity contribution < 1.29 is 9.47 Å². The molecule has 0 aliphatic rings. The molecule has 3 heteroatoms. The van der Waals surface area contributed by atoms with Gasteiger partial charge in [-0.3, -0.25) is 0 Å². The van der Waals surface area contributed by atoms with Crippen LogP contribution in [0.15, 0.2) is 42.5 Å². The van der Waals surface area contributed by atoms with E-state index < -0.39 is 0 Å². The lowest BCUT2D eigenvalue weighted by molar-refractivity contribution is 0.404. The molecule has 0 saturated carbocycles. The van der Waals surface area contributed by atoms with E-state index in [0.29, 0.717) is 5.88 Å². The quantitative estimate of drug-likeness (QED) is 0.642. The zero-order valence-corrected chi connectivity index (χ0v) is 10.3. The average Bonchev–Trinajstić information content (AvgIpc) is 2.45. The summed E-state index contributed by atoms with van der Waals surface area (Å²) in [5.41, 5.74) is 0.880. The molecule has 3 aromatic rings. The third-order valence-corrected chi connectivity index (χ3v) is 3.07. The van der Waals surface area contributed by atoms with Crippen LogP contribution in [0.2, 0.25) is 0 Å². The second kappa shape index (κ2) is 4.18. The number of methoxy groups -OCH3 is 2. The minimum atomic E-state index is 0.645. The maximum absolute atomic E-state index is 5.36. The van der Waals surface area contributed by atoms with Gasteiger partial charge in [0.05, 0.1) is 19.7 Å². The molecule has 3 nitrogen and oxygen atoms in total. The number of fused-ring (bicyclic) bond motifs is 3. The Kier molecular flexibility index (Phi) is 2.52. The van der Waals surface area contributed by atoms with Crippen LogP contribution < -0.4 is 9.47 Å². The summed E-state index contributed by atoms with van der Waals surface area (Å²) in [4.78, 5) is 4.53. The monoisotopic (exact) mass is 239 g/mol.